The molecule has 1 rings (SSSR count). The molecule has 0 atom stereocenters. The Hall–Kier alpha value is -0.660. The molecule has 19 heavy (non-hydrogen) atoms. The first kappa shape index (κ1) is 16.4. The van der Waals surface area contributed by atoms with E-state index in [1.54, 1.807) is 0 Å². The molecule has 0 saturated carbocycles. The van der Waals surface area contributed by atoms with Gasteiger partial charge in [-0.2, -0.15) is 0 Å². The zero-order valence-corrected chi connectivity index (χ0v) is 12.4. The van der Waals surface area contributed by atoms with Crippen LogP contribution in [-0.2, 0) is 19.4 Å². The standard InChI is InChI=1S/C12H24N2O4S/c1-19(16,17)11-2-4-12(15)13-5-3-6-14-7-9-18-10-8-14/h2-11H2,1H3,(H,13,15). The molecule has 6 nitrogen and oxygen atoms in total. The zero-order chi connectivity index (χ0) is 14.1. The summed E-state index contributed by atoms with van der Waals surface area (Å²) in [5.74, 6) is 0.0133. The number of morpholine rings is 1. The van der Waals surface area contributed by atoms with Crippen molar-refractivity contribution in [2.45, 2.75) is 19.3 Å². The number of hydrogen-bond donors (Lipinski definition) is 1. The summed E-state index contributed by atoms with van der Waals surface area (Å²) in [4.78, 5) is 13.8. The van der Waals surface area contributed by atoms with Gasteiger partial charge in [0.25, 0.3) is 0 Å². The number of rotatable bonds is 8. The predicted octanol–water partition coefficient (Wildman–Crippen LogP) is -0.350. The summed E-state index contributed by atoms with van der Waals surface area (Å²) in [5, 5.41) is 2.82. The van der Waals surface area contributed by atoms with Crippen molar-refractivity contribution in [1.29, 1.82) is 0 Å². The van der Waals surface area contributed by atoms with E-state index >= 15 is 0 Å². The normalized spacial score (nSPS) is 17.3. The summed E-state index contributed by atoms with van der Waals surface area (Å²) in [6.45, 7) is 5.11. The van der Waals surface area contributed by atoms with E-state index < -0.39 is 9.84 Å². The maximum Gasteiger partial charge on any atom is 0.220 e. The van der Waals surface area contributed by atoms with Gasteiger partial charge in [-0.3, -0.25) is 9.69 Å². The van der Waals surface area contributed by atoms with E-state index in [-0.39, 0.29) is 18.1 Å². The molecular weight excluding hydrogens is 268 g/mol. The average Bonchev–Trinajstić information content (AvgIpc) is 2.34. The van der Waals surface area contributed by atoms with Crippen molar-refractivity contribution in [1.82, 2.24) is 10.2 Å². The van der Waals surface area contributed by atoms with Crippen molar-refractivity contribution in [3.8, 4) is 0 Å². The van der Waals surface area contributed by atoms with E-state index in [0.717, 1.165) is 39.3 Å². The molecule has 1 heterocycles. The van der Waals surface area contributed by atoms with Gasteiger partial charge in [0.15, 0.2) is 0 Å². The number of hydrogen-bond acceptors (Lipinski definition) is 5. The Morgan fingerprint density at radius 1 is 1.26 bits per heavy atom. The van der Waals surface area contributed by atoms with Crippen LogP contribution in [0.5, 0.6) is 0 Å². The largest absolute Gasteiger partial charge is 0.379 e. The van der Waals surface area contributed by atoms with Crippen molar-refractivity contribution in [3.05, 3.63) is 0 Å². The van der Waals surface area contributed by atoms with Crippen LogP contribution in [0, 0.1) is 0 Å². The highest BCUT2D eigenvalue weighted by Gasteiger charge is 2.10. The number of nitrogens with one attached hydrogen (secondary N) is 1. The number of amides is 1. The topological polar surface area (TPSA) is 75.7 Å². The molecule has 0 bridgehead atoms. The highest BCUT2D eigenvalue weighted by atomic mass is 32.2. The van der Waals surface area contributed by atoms with Crippen molar-refractivity contribution >= 4 is 15.7 Å². The molecule has 1 aliphatic rings. The van der Waals surface area contributed by atoms with Crippen LogP contribution in [0.15, 0.2) is 0 Å². The molecule has 112 valence electrons. The third-order valence-electron chi connectivity index (χ3n) is 3.00. The molecular formula is C12H24N2O4S. The molecule has 0 aromatic rings. The van der Waals surface area contributed by atoms with Gasteiger partial charge in [0, 0.05) is 32.3 Å². The Morgan fingerprint density at radius 3 is 2.58 bits per heavy atom. The molecule has 0 aromatic heterocycles. The molecule has 7 heteroatoms. The maximum absolute atomic E-state index is 11.4. The van der Waals surface area contributed by atoms with Crippen molar-refractivity contribution in [2.75, 3.05) is 51.4 Å². The van der Waals surface area contributed by atoms with Crippen LogP contribution in [0.2, 0.25) is 0 Å². The number of sulfone groups is 1. The number of carbonyl (C=O) groups is 1. The lowest BCUT2D eigenvalue weighted by molar-refractivity contribution is -0.121. The fraction of sp³-hybridized carbons (Fsp3) is 0.917. The van der Waals surface area contributed by atoms with E-state index in [0.29, 0.717) is 13.0 Å². The number of carbonyl (C=O) groups excluding carboxylic acids is 1. The highest BCUT2D eigenvalue weighted by molar-refractivity contribution is 7.90. The minimum atomic E-state index is -2.96. The van der Waals surface area contributed by atoms with Crippen LogP contribution in [-0.4, -0.2) is 70.6 Å². The Bertz CT molecular complexity index is 364. The summed E-state index contributed by atoms with van der Waals surface area (Å²) in [6.07, 6.45) is 2.78. The Morgan fingerprint density at radius 2 is 1.95 bits per heavy atom. The second kappa shape index (κ2) is 8.50. The quantitative estimate of drug-likeness (QED) is 0.619. The van der Waals surface area contributed by atoms with Crippen molar-refractivity contribution in [2.24, 2.45) is 0 Å². The van der Waals surface area contributed by atoms with Gasteiger partial charge in [-0.15, -0.1) is 0 Å². The van der Waals surface area contributed by atoms with Gasteiger partial charge < -0.3 is 10.1 Å². The average molecular weight is 292 g/mol. The second-order valence-corrected chi connectivity index (χ2v) is 7.15. The summed E-state index contributed by atoms with van der Waals surface area (Å²) >= 11 is 0. The lowest BCUT2D eigenvalue weighted by Crippen LogP contribution is -2.38. The molecule has 0 aromatic carbocycles. The summed E-state index contributed by atoms with van der Waals surface area (Å²) in [5.41, 5.74) is 0. The van der Waals surface area contributed by atoms with E-state index in [1.165, 1.54) is 6.26 Å². The summed E-state index contributed by atoms with van der Waals surface area (Å²) in [7, 11) is -2.96. The van der Waals surface area contributed by atoms with Gasteiger partial charge in [0.1, 0.15) is 9.84 Å². The lowest BCUT2D eigenvalue weighted by Gasteiger charge is -2.26. The van der Waals surface area contributed by atoms with Crippen LogP contribution in [0.4, 0.5) is 0 Å². The first-order chi connectivity index (χ1) is 8.97. The molecule has 1 amide bonds. The molecule has 1 aliphatic heterocycles. The van der Waals surface area contributed by atoms with Crippen LogP contribution in [0.25, 0.3) is 0 Å². The van der Waals surface area contributed by atoms with E-state index in [9.17, 15) is 13.2 Å². The third kappa shape index (κ3) is 8.96. The molecule has 0 radical (unpaired) electrons. The lowest BCUT2D eigenvalue weighted by atomic mass is 10.3. The molecule has 0 unspecified atom stereocenters. The molecule has 1 fully saturated rings. The van der Waals surface area contributed by atoms with Crippen molar-refractivity contribution in [3.63, 3.8) is 0 Å². The molecule has 1 N–H and O–H groups in total. The fourth-order valence-corrected chi connectivity index (χ4v) is 2.61. The van der Waals surface area contributed by atoms with Gasteiger partial charge in [0.2, 0.25) is 5.91 Å². The van der Waals surface area contributed by atoms with Gasteiger partial charge in [0.05, 0.1) is 19.0 Å². The van der Waals surface area contributed by atoms with Crippen molar-refractivity contribution < 1.29 is 17.9 Å². The second-order valence-electron chi connectivity index (χ2n) is 4.89. The van der Waals surface area contributed by atoms with Crippen LogP contribution >= 0.6 is 0 Å². The zero-order valence-electron chi connectivity index (χ0n) is 11.6. The predicted molar refractivity (Wildman–Crippen MR) is 73.8 cm³/mol. The monoisotopic (exact) mass is 292 g/mol. The minimum Gasteiger partial charge on any atom is -0.379 e. The molecule has 0 aliphatic carbocycles. The Labute approximate surface area is 115 Å². The van der Waals surface area contributed by atoms with E-state index in [4.69, 9.17) is 4.74 Å². The minimum absolute atomic E-state index is 0.0642. The van der Waals surface area contributed by atoms with Gasteiger partial charge in [-0.05, 0) is 19.4 Å². The van der Waals surface area contributed by atoms with Crippen LogP contribution in [0.1, 0.15) is 19.3 Å². The summed E-state index contributed by atoms with van der Waals surface area (Å²) in [6, 6.07) is 0. The van der Waals surface area contributed by atoms with Gasteiger partial charge >= 0.3 is 0 Å². The summed E-state index contributed by atoms with van der Waals surface area (Å²) < 4.78 is 27.1. The SMILES string of the molecule is CS(=O)(=O)CCCC(=O)NCCCN1CCOCC1. The van der Waals surface area contributed by atoms with Gasteiger partial charge in [-0.1, -0.05) is 0 Å². The molecule has 0 spiro atoms. The number of ether oxygens (including phenoxy) is 1. The van der Waals surface area contributed by atoms with Gasteiger partial charge in [-0.25, -0.2) is 8.42 Å². The first-order valence-corrected chi connectivity index (χ1v) is 8.78. The third-order valence-corrected chi connectivity index (χ3v) is 4.03. The maximum atomic E-state index is 11.4. The fourth-order valence-electron chi connectivity index (χ4n) is 1.94. The number of nitrogens with zero attached hydrogens (tertiary/aromatic N) is 1. The molecule has 1 saturated heterocycles. The smallest absolute Gasteiger partial charge is 0.220 e. The van der Waals surface area contributed by atoms with Crippen LogP contribution < -0.4 is 5.32 Å². The Kier molecular flexibility index (Phi) is 7.33. The van der Waals surface area contributed by atoms with Crippen LogP contribution in [0.3, 0.4) is 0 Å². The van der Waals surface area contributed by atoms with E-state index in [1.807, 2.05) is 0 Å². The Balaban J connectivity index is 1.97. The van der Waals surface area contributed by atoms with E-state index in [2.05, 4.69) is 10.2 Å². The highest BCUT2D eigenvalue weighted by Crippen LogP contribution is 1.98. The first-order valence-electron chi connectivity index (χ1n) is 6.72.